The molecule has 0 spiro atoms. The molecule has 1 aromatic rings. The molecular formula is C65H106N10O16. The van der Waals surface area contributed by atoms with Crippen LogP contribution in [0.3, 0.4) is 0 Å². The van der Waals surface area contributed by atoms with Gasteiger partial charge in [0.2, 0.25) is 47.3 Å². The second-order valence-corrected chi connectivity index (χ2v) is 24.9. The Bertz CT molecular complexity index is 2610. The monoisotopic (exact) mass is 1280 g/mol. The number of hydrogen-bond acceptors (Lipinski definition) is 18. The Kier molecular flexibility index (Phi) is 35.8. The first kappa shape index (κ1) is 80.1. The van der Waals surface area contributed by atoms with Crippen LogP contribution in [0.1, 0.15) is 158 Å². The highest BCUT2D eigenvalue weighted by Gasteiger charge is 2.41. The van der Waals surface area contributed by atoms with Crippen LogP contribution in [0.25, 0.3) is 0 Å². The Morgan fingerprint density at radius 2 is 1.26 bits per heavy atom. The summed E-state index contributed by atoms with van der Waals surface area (Å²) < 4.78 is 5.80. The van der Waals surface area contributed by atoms with Gasteiger partial charge in [0, 0.05) is 50.4 Å². The number of esters is 1. The molecule has 91 heavy (non-hydrogen) atoms. The summed E-state index contributed by atoms with van der Waals surface area (Å²) in [4.78, 5) is 181. The molecular weight excluding hydrogens is 1180 g/mol. The fraction of sp³-hybridized carbons (Fsp3) is 0.708. The number of nitrogens with zero attached hydrogens (tertiary/aromatic N) is 1. The lowest BCUT2D eigenvalue weighted by Crippen LogP contribution is -2.59. The molecule has 1 aliphatic heterocycles. The predicted molar refractivity (Wildman–Crippen MR) is 340 cm³/mol. The summed E-state index contributed by atoms with van der Waals surface area (Å²) in [5.74, 6) is -15.5. The lowest BCUT2D eigenvalue weighted by molar-refractivity contribution is -0.157. The maximum atomic E-state index is 14.5. The van der Waals surface area contributed by atoms with E-state index in [0.717, 1.165) is 5.56 Å². The van der Waals surface area contributed by atoms with Gasteiger partial charge in [-0.2, -0.15) is 0 Å². The lowest BCUT2D eigenvalue weighted by Gasteiger charge is -2.31. The summed E-state index contributed by atoms with van der Waals surface area (Å²) in [5.41, 5.74) is 6.35. The number of carbonyl (C=O) groups is 13. The molecule has 0 unspecified atom stereocenters. The van der Waals surface area contributed by atoms with Gasteiger partial charge in [0.15, 0.2) is 17.3 Å². The summed E-state index contributed by atoms with van der Waals surface area (Å²) in [6, 6.07) is -1.28. The quantitative estimate of drug-likeness (QED) is 0.0410. The van der Waals surface area contributed by atoms with Crippen LogP contribution in [0.5, 0.6) is 0 Å². The molecule has 26 heteroatoms. The third-order valence-corrected chi connectivity index (χ3v) is 17.5. The van der Waals surface area contributed by atoms with Crippen LogP contribution in [-0.4, -0.2) is 187 Å². The minimum atomic E-state index is -1.65. The van der Waals surface area contributed by atoms with Crippen LogP contribution < -0.4 is 48.3 Å². The summed E-state index contributed by atoms with van der Waals surface area (Å²) in [6.45, 7) is 15.4. The van der Waals surface area contributed by atoms with Crippen molar-refractivity contribution in [2.75, 3.05) is 40.9 Å². The van der Waals surface area contributed by atoms with Gasteiger partial charge in [-0.25, -0.2) is 4.79 Å². The summed E-state index contributed by atoms with van der Waals surface area (Å²) in [7, 11) is 5.35. The minimum absolute atomic E-state index is 0.0511. The Balaban J connectivity index is 2.40. The second kappa shape index (κ2) is 40.7. The number of Topliss-reactive ketones (excluding diaryl/α,β-unsaturated/α-hetero) is 4. The van der Waals surface area contributed by atoms with Gasteiger partial charge in [0.25, 0.3) is 0 Å². The number of primary amides is 1. The lowest BCUT2D eigenvalue weighted by atomic mass is 9.83. The maximum Gasteiger partial charge on any atom is 0.329 e. The first-order valence-electron chi connectivity index (χ1n) is 32.2. The van der Waals surface area contributed by atoms with E-state index in [2.05, 4.69) is 42.5 Å². The summed E-state index contributed by atoms with van der Waals surface area (Å²) in [6.07, 6.45) is -1.42. The van der Waals surface area contributed by atoms with Crippen molar-refractivity contribution in [2.45, 2.75) is 214 Å². The summed E-state index contributed by atoms with van der Waals surface area (Å²) in [5, 5.41) is 42.5. The number of cyclic esters (lactones) is 1. The molecule has 8 amide bonds. The molecule has 1 aromatic carbocycles. The van der Waals surface area contributed by atoms with Gasteiger partial charge in [-0.1, -0.05) is 118 Å². The average Bonchev–Trinajstić information content (AvgIpc) is 3.33. The van der Waals surface area contributed by atoms with Gasteiger partial charge in [-0.3, -0.25) is 57.5 Å². The number of amides is 8. The van der Waals surface area contributed by atoms with E-state index >= 15 is 0 Å². The van der Waals surface area contributed by atoms with Crippen molar-refractivity contribution in [3.8, 4) is 0 Å². The van der Waals surface area contributed by atoms with Crippen molar-refractivity contribution in [2.24, 2.45) is 47.2 Å². The van der Waals surface area contributed by atoms with Gasteiger partial charge in [0.1, 0.15) is 42.1 Å². The topological polar surface area (TPSA) is 397 Å². The van der Waals surface area contributed by atoms with Crippen molar-refractivity contribution >= 4 is 76.4 Å². The van der Waals surface area contributed by atoms with E-state index in [1.807, 2.05) is 49.3 Å². The van der Waals surface area contributed by atoms with Gasteiger partial charge in [-0.05, 0) is 89.5 Å². The highest BCUT2D eigenvalue weighted by atomic mass is 16.5. The molecule has 1 aliphatic rings. The maximum absolute atomic E-state index is 14.5. The van der Waals surface area contributed by atoms with Crippen molar-refractivity contribution < 1.29 is 77.3 Å². The fourth-order valence-electron chi connectivity index (χ4n) is 10.4. The first-order chi connectivity index (χ1) is 42.9. The van der Waals surface area contributed by atoms with Crippen molar-refractivity contribution in [1.29, 1.82) is 0 Å². The molecule has 0 bridgehead atoms. The zero-order valence-corrected chi connectivity index (χ0v) is 55.8. The molecule has 1 fully saturated rings. The highest BCUT2D eigenvalue weighted by Crippen LogP contribution is 2.25. The van der Waals surface area contributed by atoms with Gasteiger partial charge >= 0.3 is 5.97 Å². The van der Waals surface area contributed by atoms with Gasteiger partial charge in [-0.15, -0.1) is 0 Å². The number of hydrogen-bond donors (Lipinski definition) is 11. The smallest absolute Gasteiger partial charge is 0.329 e. The number of aliphatic hydroxyl groups excluding tert-OH is 2. The van der Waals surface area contributed by atoms with Crippen LogP contribution >= 0.6 is 0 Å². The Morgan fingerprint density at radius 3 is 1.82 bits per heavy atom. The van der Waals surface area contributed by atoms with E-state index in [9.17, 15) is 72.5 Å². The number of benzene rings is 1. The molecule has 16 atom stereocenters. The van der Waals surface area contributed by atoms with Crippen LogP contribution in [-0.2, 0) is 73.5 Å². The Morgan fingerprint density at radius 1 is 0.670 bits per heavy atom. The standard InChI is InChI=1S/C65H106N10O16/c1-14-36(5)45(33-50(79)46(27-28-53(66)82)68-63(88)49(35-77)70-64(89)55(38(7)16-3)72-62(87)48(67-11)31-42-22-19-18-20-23-42)60(85)71-54(37(6)15-2)52(81)32-43(34-76)59(84)74-57-41(10)91-65(90)56(39(8)17-4)73-61(86)47(69-58(83)40(9)30-51(57)80)26-25-44(78)24-21-29-75(12)13/h18-20,22-23,36-41,43,45-49,54-57,67,76-77H,14-17,21,24-35H2,1-13H3,(H2,66,82)(H,68,88)(H,69,83)(H,70,89)(H,71,85)(H,72,87)(H,73,86)(H,74,84)/t36-,37-,38-,39-,40+,41-,43-,45+,46+,47-,48+,49-,54-,55-,56-,57+/m0/s1. The van der Waals surface area contributed by atoms with Crippen molar-refractivity contribution in [1.82, 2.24) is 47.4 Å². The molecule has 0 aliphatic carbocycles. The van der Waals surface area contributed by atoms with Crippen LogP contribution in [0.15, 0.2) is 30.3 Å². The van der Waals surface area contributed by atoms with Gasteiger partial charge < -0.3 is 68.1 Å². The normalized spacial score (nSPS) is 21.0. The largest absolute Gasteiger partial charge is 0.458 e. The molecule has 26 nitrogen and oxygen atoms in total. The third-order valence-electron chi connectivity index (χ3n) is 17.5. The van der Waals surface area contributed by atoms with E-state index in [-0.39, 0.29) is 31.5 Å². The summed E-state index contributed by atoms with van der Waals surface area (Å²) >= 11 is 0. The molecule has 0 radical (unpaired) electrons. The third kappa shape index (κ3) is 26.6. The van der Waals surface area contributed by atoms with Crippen LogP contribution in [0.4, 0.5) is 0 Å². The number of ether oxygens (including phenoxy) is 1. The number of aliphatic hydroxyl groups is 2. The van der Waals surface area contributed by atoms with Crippen LogP contribution in [0.2, 0.25) is 0 Å². The number of nitrogens with two attached hydrogens (primary N) is 1. The molecule has 512 valence electrons. The molecule has 0 saturated carbocycles. The number of rotatable bonds is 39. The fourth-order valence-corrected chi connectivity index (χ4v) is 10.4. The molecule has 0 aromatic heterocycles. The number of carbonyl (C=O) groups excluding carboxylic acids is 13. The molecule has 1 heterocycles. The van der Waals surface area contributed by atoms with E-state index < -0.39 is 205 Å². The predicted octanol–water partition coefficient (Wildman–Crippen LogP) is 1.03. The minimum Gasteiger partial charge on any atom is -0.458 e. The van der Waals surface area contributed by atoms with E-state index in [1.54, 1.807) is 62.4 Å². The van der Waals surface area contributed by atoms with E-state index in [4.69, 9.17) is 10.5 Å². The molecule has 12 N–H and O–H groups in total. The average molecular weight is 1280 g/mol. The Hall–Kier alpha value is -7.03. The van der Waals surface area contributed by atoms with E-state index in [1.165, 1.54) is 13.8 Å². The SMILES string of the molecule is CC[C@H](C)[C@H](NC(=O)[C@H](CC(=O)[C@@H](CCC(N)=O)NC(=O)[C@H](CO)NC(=O)[C@@H](NC(=O)[C@@H](Cc1ccccc1)NC)[C@@H](C)CC)[C@@H](C)CC)C(=O)C[C@@H](CO)C(=O)N[C@H]1C(=O)C[C@@H](C)C(=O)N[C@@H](CCC(=O)CCCN(C)C)C(=O)N[C@@H]([C@@H](C)CC)C(=O)O[C@H]1C. The molecule has 2 rings (SSSR count). The first-order valence-corrected chi connectivity index (χ1v) is 32.2. The highest BCUT2D eigenvalue weighted by molar-refractivity contribution is 5.99. The zero-order valence-electron chi connectivity index (χ0n) is 55.8. The van der Waals surface area contributed by atoms with Crippen molar-refractivity contribution in [3.63, 3.8) is 0 Å². The number of likely N-dealkylation sites (N-methyl/N-ethyl adjacent to an activating group) is 1. The molecule has 1 saturated heterocycles. The zero-order chi connectivity index (χ0) is 68.8. The Labute approximate surface area is 536 Å². The number of nitrogens with one attached hydrogen (secondary N) is 8. The van der Waals surface area contributed by atoms with E-state index in [0.29, 0.717) is 45.1 Å². The van der Waals surface area contributed by atoms with Crippen LogP contribution in [0, 0.1) is 41.4 Å². The van der Waals surface area contributed by atoms with Gasteiger partial charge in [0.05, 0.1) is 37.3 Å². The second-order valence-electron chi connectivity index (χ2n) is 24.9. The number of ketones is 4. The van der Waals surface area contributed by atoms with Crippen molar-refractivity contribution in [3.05, 3.63) is 35.9 Å².